The standard InChI is InChI=1S/C15H24N2O3/c1-5-17(14(18)20-15(2,3)4)10-11-19-13-8-6-12(16)7-9-13/h6-9H,5,10-11,16H2,1-4H3. The van der Waals surface area contributed by atoms with Gasteiger partial charge in [0.15, 0.2) is 0 Å². The molecule has 5 nitrogen and oxygen atoms in total. The number of likely N-dealkylation sites (N-methyl/N-ethyl adjacent to an activating group) is 1. The Morgan fingerprint density at radius 2 is 1.85 bits per heavy atom. The molecule has 1 aromatic carbocycles. The van der Waals surface area contributed by atoms with E-state index in [1.165, 1.54) is 0 Å². The molecule has 20 heavy (non-hydrogen) atoms. The van der Waals surface area contributed by atoms with Crippen LogP contribution in [-0.4, -0.2) is 36.3 Å². The fraction of sp³-hybridized carbons (Fsp3) is 0.533. The highest BCUT2D eigenvalue weighted by Crippen LogP contribution is 2.13. The molecular weight excluding hydrogens is 256 g/mol. The van der Waals surface area contributed by atoms with Crippen LogP contribution in [0, 0.1) is 0 Å². The van der Waals surface area contributed by atoms with Gasteiger partial charge in [-0.1, -0.05) is 0 Å². The molecule has 2 N–H and O–H groups in total. The minimum absolute atomic E-state index is 0.319. The molecule has 5 heteroatoms. The zero-order chi connectivity index (χ0) is 15.2. The molecule has 0 aromatic heterocycles. The zero-order valence-electron chi connectivity index (χ0n) is 12.7. The first kappa shape index (κ1) is 16.1. The Morgan fingerprint density at radius 3 is 2.35 bits per heavy atom. The van der Waals surface area contributed by atoms with Crippen LogP contribution in [-0.2, 0) is 4.74 Å². The van der Waals surface area contributed by atoms with Crippen molar-refractivity contribution < 1.29 is 14.3 Å². The van der Waals surface area contributed by atoms with E-state index >= 15 is 0 Å². The fourth-order valence-corrected chi connectivity index (χ4v) is 1.54. The summed E-state index contributed by atoms with van der Waals surface area (Å²) in [6, 6.07) is 7.17. The average Bonchev–Trinajstić information content (AvgIpc) is 2.34. The van der Waals surface area contributed by atoms with E-state index in [0.29, 0.717) is 25.4 Å². The number of ether oxygens (including phenoxy) is 2. The molecule has 0 saturated heterocycles. The first-order valence-electron chi connectivity index (χ1n) is 6.78. The molecule has 1 aromatic rings. The van der Waals surface area contributed by atoms with Crippen LogP contribution in [0.5, 0.6) is 5.75 Å². The van der Waals surface area contributed by atoms with Crippen molar-refractivity contribution in [3.05, 3.63) is 24.3 Å². The number of benzene rings is 1. The second kappa shape index (κ2) is 7.03. The predicted molar refractivity (Wildman–Crippen MR) is 79.8 cm³/mol. The lowest BCUT2D eigenvalue weighted by atomic mass is 10.2. The van der Waals surface area contributed by atoms with Crippen LogP contribution in [0.25, 0.3) is 0 Å². The summed E-state index contributed by atoms with van der Waals surface area (Å²) in [7, 11) is 0. The van der Waals surface area contributed by atoms with Crippen molar-refractivity contribution in [3.8, 4) is 5.75 Å². The van der Waals surface area contributed by atoms with Gasteiger partial charge in [-0.2, -0.15) is 0 Å². The number of nitrogens with zero attached hydrogens (tertiary/aromatic N) is 1. The van der Waals surface area contributed by atoms with Crippen LogP contribution in [0.4, 0.5) is 10.5 Å². The Balaban J connectivity index is 2.41. The van der Waals surface area contributed by atoms with E-state index in [4.69, 9.17) is 15.2 Å². The van der Waals surface area contributed by atoms with Crippen molar-refractivity contribution in [1.29, 1.82) is 0 Å². The molecule has 0 aliphatic rings. The molecule has 0 aliphatic carbocycles. The summed E-state index contributed by atoms with van der Waals surface area (Å²) in [6.45, 7) is 8.94. The smallest absolute Gasteiger partial charge is 0.410 e. The highest BCUT2D eigenvalue weighted by Gasteiger charge is 2.20. The van der Waals surface area contributed by atoms with Gasteiger partial charge in [-0.15, -0.1) is 0 Å². The van der Waals surface area contributed by atoms with E-state index in [2.05, 4.69) is 0 Å². The van der Waals surface area contributed by atoms with Gasteiger partial charge < -0.3 is 20.1 Å². The lowest BCUT2D eigenvalue weighted by molar-refractivity contribution is 0.0237. The number of rotatable bonds is 5. The molecule has 0 atom stereocenters. The largest absolute Gasteiger partial charge is 0.492 e. The molecule has 1 amide bonds. The van der Waals surface area contributed by atoms with E-state index < -0.39 is 5.60 Å². The Morgan fingerprint density at radius 1 is 1.25 bits per heavy atom. The van der Waals surface area contributed by atoms with Crippen LogP contribution < -0.4 is 10.5 Å². The zero-order valence-corrected chi connectivity index (χ0v) is 12.7. The Bertz CT molecular complexity index is 424. The van der Waals surface area contributed by atoms with Gasteiger partial charge in [-0.05, 0) is 52.0 Å². The second-order valence-corrected chi connectivity index (χ2v) is 5.48. The quantitative estimate of drug-likeness (QED) is 0.842. The summed E-state index contributed by atoms with van der Waals surface area (Å²) in [5, 5.41) is 0. The number of carbonyl (C=O) groups excluding carboxylic acids is 1. The summed E-state index contributed by atoms with van der Waals surface area (Å²) in [6.07, 6.45) is -0.319. The lowest BCUT2D eigenvalue weighted by Crippen LogP contribution is -2.38. The topological polar surface area (TPSA) is 64.8 Å². The van der Waals surface area contributed by atoms with Gasteiger partial charge in [-0.3, -0.25) is 0 Å². The number of amides is 1. The fourth-order valence-electron chi connectivity index (χ4n) is 1.54. The van der Waals surface area contributed by atoms with Gasteiger partial charge >= 0.3 is 6.09 Å². The van der Waals surface area contributed by atoms with E-state index in [9.17, 15) is 4.79 Å². The highest BCUT2D eigenvalue weighted by atomic mass is 16.6. The molecule has 0 unspecified atom stereocenters. The molecule has 0 aliphatic heterocycles. The maximum Gasteiger partial charge on any atom is 0.410 e. The summed E-state index contributed by atoms with van der Waals surface area (Å²) in [5.74, 6) is 0.736. The molecular formula is C15H24N2O3. The Labute approximate surface area is 120 Å². The van der Waals surface area contributed by atoms with Gasteiger partial charge in [0, 0.05) is 12.2 Å². The summed E-state index contributed by atoms with van der Waals surface area (Å²) in [5.41, 5.74) is 5.81. The predicted octanol–water partition coefficient (Wildman–Crippen LogP) is 2.90. The molecule has 0 heterocycles. The van der Waals surface area contributed by atoms with Gasteiger partial charge in [0.25, 0.3) is 0 Å². The number of hydrogen-bond donors (Lipinski definition) is 1. The van der Waals surface area contributed by atoms with Crippen molar-refractivity contribution in [2.24, 2.45) is 0 Å². The Kier molecular flexibility index (Phi) is 5.67. The van der Waals surface area contributed by atoms with Crippen molar-refractivity contribution in [3.63, 3.8) is 0 Å². The van der Waals surface area contributed by atoms with Crippen LogP contribution in [0.3, 0.4) is 0 Å². The minimum Gasteiger partial charge on any atom is -0.492 e. The maximum atomic E-state index is 11.9. The lowest BCUT2D eigenvalue weighted by Gasteiger charge is -2.26. The molecule has 0 saturated carbocycles. The van der Waals surface area contributed by atoms with Gasteiger partial charge in [0.1, 0.15) is 18.0 Å². The molecule has 1 rings (SSSR count). The van der Waals surface area contributed by atoms with Crippen molar-refractivity contribution in [1.82, 2.24) is 4.90 Å². The van der Waals surface area contributed by atoms with E-state index in [0.717, 1.165) is 5.75 Å². The van der Waals surface area contributed by atoms with Gasteiger partial charge in [0.2, 0.25) is 0 Å². The molecule has 0 radical (unpaired) electrons. The first-order valence-corrected chi connectivity index (χ1v) is 6.78. The highest BCUT2D eigenvalue weighted by molar-refractivity contribution is 5.68. The minimum atomic E-state index is -0.484. The number of hydrogen-bond acceptors (Lipinski definition) is 4. The third-order valence-electron chi connectivity index (χ3n) is 2.54. The van der Waals surface area contributed by atoms with Crippen LogP contribution in [0.2, 0.25) is 0 Å². The number of nitrogens with two attached hydrogens (primary N) is 1. The monoisotopic (exact) mass is 280 g/mol. The summed E-state index contributed by atoms with van der Waals surface area (Å²) in [4.78, 5) is 13.5. The van der Waals surface area contributed by atoms with Crippen LogP contribution in [0.1, 0.15) is 27.7 Å². The van der Waals surface area contributed by atoms with Gasteiger partial charge in [-0.25, -0.2) is 4.79 Å². The molecule has 0 bridgehead atoms. The third-order valence-corrected chi connectivity index (χ3v) is 2.54. The molecule has 112 valence electrons. The van der Waals surface area contributed by atoms with Crippen LogP contribution >= 0.6 is 0 Å². The summed E-state index contributed by atoms with van der Waals surface area (Å²) >= 11 is 0. The molecule has 0 spiro atoms. The average molecular weight is 280 g/mol. The molecule has 0 fully saturated rings. The van der Waals surface area contributed by atoms with E-state index in [1.807, 2.05) is 27.7 Å². The van der Waals surface area contributed by atoms with Gasteiger partial charge in [0.05, 0.1) is 6.54 Å². The van der Waals surface area contributed by atoms with E-state index in [1.54, 1.807) is 29.2 Å². The third kappa shape index (κ3) is 5.82. The second-order valence-electron chi connectivity index (χ2n) is 5.48. The van der Waals surface area contributed by atoms with Crippen LogP contribution in [0.15, 0.2) is 24.3 Å². The maximum absolute atomic E-state index is 11.9. The number of carbonyl (C=O) groups is 1. The SMILES string of the molecule is CCN(CCOc1ccc(N)cc1)C(=O)OC(C)(C)C. The van der Waals surface area contributed by atoms with E-state index in [-0.39, 0.29) is 6.09 Å². The van der Waals surface area contributed by atoms with Crippen molar-refractivity contribution in [2.75, 3.05) is 25.4 Å². The number of anilines is 1. The summed E-state index contributed by atoms with van der Waals surface area (Å²) < 4.78 is 10.9. The van der Waals surface area contributed by atoms with Crippen molar-refractivity contribution >= 4 is 11.8 Å². The van der Waals surface area contributed by atoms with Crippen molar-refractivity contribution in [2.45, 2.75) is 33.3 Å². The number of nitrogen functional groups attached to an aromatic ring is 1. The normalized spacial score (nSPS) is 11.0. The first-order chi connectivity index (χ1) is 9.31. The Hall–Kier alpha value is -1.91.